The van der Waals surface area contributed by atoms with Gasteiger partial charge < -0.3 is 20.5 Å². The summed E-state index contributed by atoms with van der Waals surface area (Å²) in [5.74, 6) is 0.0750. The Bertz CT molecular complexity index is 650. The zero-order valence-corrected chi connectivity index (χ0v) is 15.1. The fourth-order valence-electron chi connectivity index (χ4n) is 2.88. The van der Waals surface area contributed by atoms with Gasteiger partial charge in [-0.25, -0.2) is 0 Å². The molecule has 1 amide bonds. The number of aromatic nitrogens is 1. The number of hydrogen-bond acceptors (Lipinski definition) is 3. The van der Waals surface area contributed by atoms with Crippen LogP contribution in [0.4, 0.5) is 0 Å². The molecule has 1 heterocycles. The summed E-state index contributed by atoms with van der Waals surface area (Å²) in [5.41, 5.74) is 2.57. The molecule has 0 fully saturated rings. The van der Waals surface area contributed by atoms with Gasteiger partial charge >= 0.3 is 0 Å². The number of carbonyl (C=O) groups is 1. The molecule has 0 spiro atoms. The zero-order valence-electron chi connectivity index (χ0n) is 15.1. The van der Waals surface area contributed by atoms with Crippen LogP contribution in [0.25, 0.3) is 10.9 Å². The number of hydrogen-bond donors (Lipinski definition) is 3. The molecule has 0 saturated carbocycles. The summed E-state index contributed by atoms with van der Waals surface area (Å²) in [7, 11) is 1.97. The number of aryl methyl sites for hydroxylation is 1. The molecule has 2 rings (SSSR count). The number of amides is 1. The number of para-hydroxylation sites is 1. The maximum absolute atomic E-state index is 11.7. The first-order chi connectivity index (χ1) is 11.7. The molecular weight excluding hydrogens is 300 g/mol. The number of rotatable bonds is 10. The Kier molecular flexibility index (Phi) is 7.28. The van der Waals surface area contributed by atoms with Crippen molar-refractivity contribution in [2.24, 2.45) is 0 Å². The van der Waals surface area contributed by atoms with E-state index >= 15 is 0 Å². The summed E-state index contributed by atoms with van der Waals surface area (Å²) < 4.78 is 2.38. The van der Waals surface area contributed by atoms with E-state index in [1.54, 1.807) is 0 Å². The van der Waals surface area contributed by atoms with Crippen LogP contribution in [0.1, 0.15) is 32.4 Å². The lowest BCUT2D eigenvalue weighted by molar-refractivity contribution is -0.120. The average molecular weight is 330 g/mol. The largest absolute Gasteiger partial charge is 0.355 e. The lowest BCUT2D eigenvalue weighted by Crippen LogP contribution is -2.38. The van der Waals surface area contributed by atoms with Crippen LogP contribution in [-0.2, 0) is 17.9 Å². The van der Waals surface area contributed by atoms with E-state index < -0.39 is 0 Å². The Labute approximate surface area is 144 Å². The third-order valence-electron chi connectivity index (χ3n) is 4.22. The lowest BCUT2D eigenvalue weighted by atomic mass is 10.2. The second-order valence-corrected chi connectivity index (χ2v) is 6.30. The maximum Gasteiger partial charge on any atom is 0.233 e. The lowest BCUT2D eigenvalue weighted by Gasteiger charge is -2.16. The minimum absolute atomic E-state index is 0.0750. The molecule has 1 unspecified atom stereocenters. The van der Waals surface area contributed by atoms with Crippen LogP contribution in [0.5, 0.6) is 0 Å². The molecule has 0 saturated heterocycles. The van der Waals surface area contributed by atoms with E-state index in [0.29, 0.717) is 12.6 Å². The summed E-state index contributed by atoms with van der Waals surface area (Å²) in [6.45, 7) is 7.12. The number of benzene rings is 1. The van der Waals surface area contributed by atoms with Crippen molar-refractivity contribution in [1.82, 2.24) is 20.5 Å². The van der Waals surface area contributed by atoms with E-state index in [0.717, 1.165) is 32.5 Å². The van der Waals surface area contributed by atoms with Crippen molar-refractivity contribution in [2.45, 2.75) is 45.8 Å². The van der Waals surface area contributed by atoms with Gasteiger partial charge in [0, 0.05) is 36.9 Å². The summed E-state index contributed by atoms with van der Waals surface area (Å²) in [6.07, 6.45) is 1.95. The Hall–Kier alpha value is -1.85. The van der Waals surface area contributed by atoms with Crippen molar-refractivity contribution in [2.75, 3.05) is 20.1 Å². The second-order valence-electron chi connectivity index (χ2n) is 6.30. The molecule has 132 valence electrons. The van der Waals surface area contributed by atoms with Crippen LogP contribution >= 0.6 is 0 Å². The Morgan fingerprint density at radius 3 is 2.83 bits per heavy atom. The van der Waals surface area contributed by atoms with Crippen LogP contribution in [-0.4, -0.2) is 36.7 Å². The summed E-state index contributed by atoms with van der Waals surface area (Å²) in [4.78, 5) is 11.7. The fraction of sp³-hybridized carbons (Fsp3) is 0.526. The molecule has 2 aromatic rings. The highest BCUT2D eigenvalue weighted by atomic mass is 16.1. The third-order valence-corrected chi connectivity index (χ3v) is 4.22. The summed E-state index contributed by atoms with van der Waals surface area (Å²) in [5, 5.41) is 10.7. The highest BCUT2D eigenvalue weighted by Crippen LogP contribution is 2.20. The minimum Gasteiger partial charge on any atom is -0.355 e. The highest BCUT2D eigenvalue weighted by Gasteiger charge is 2.10. The average Bonchev–Trinajstić information content (AvgIpc) is 2.94. The normalized spacial score (nSPS) is 12.5. The second kappa shape index (κ2) is 9.45. The number of nitrogens with zero attached hydrogens (tertiary/aromatic N) is 1. The molecule has 0 aliphatic carbocycles. The van der Waals surface area contributed by atoms with Crippen molar-refractivity contribution in [3.63, 3.8) is 0 Å². The molecule has 0 bridgehead atoms. The SMILES string of the molecule is CCCNC(=O)CNC(C)CCn1c(CNC)cc2ccccc21. The van der Waals surface area contributed by atoms with Gasteiger partial charge in [-0.1, -0.05) is 25.1 Å². The topological polar surface area (TPSA) is 58.1 Å². The molecule has 1 atom stereocenters. The van der Waals surface area contributed by atoms with Gasteiger partial charge in [-0.2, -0.15) is 0 Å². The highest BCUT2D eigenvalue weighted by molar-refractivity contribution is 5.81. The number of carbonyl (C=O) groups excluding carboxylic acids is 1. The van der Waals surface area contributed by atoms with Gasteiger partial charge in [0.15, 0.2) is 0 Å². The fourth-order valence-corrected chi connectivity index (χ4v) is 2.88. The van der Waals surface area contributed by atoms with Crippen molar-refractivity contribution < 1.29 is 4.79 Å². The first kappa shape index (κ1) is 18.5. The zero-order chi connectivity index (χ0) is 17.4. The first-order valence-corrected chi connectivity index (χ1v) is 8.87. The number of fused-ring (bicyclic) bond motifs is 1. The standard InChI is InChI=1S/C19H30N4O/c1-4-10-21-19(24)14-22-15(2)9-11-23-17(13-20-3)12-16-7-5-6-8-18(16)23/h5-8,12,15,20,22H,4,9-11,13-14H2,1-3H3,(H,21,24). The van der Waals surface area contributed by atoms with Crippen LogP contribution in [0.3, 0.4) is 0 Å². The van der Waals surface area contributed by atoms with Crippen molar-refractivity contribution >= 4 is 16.8 Å². The molecule has 1 aromatic carbocycles. The molecule has 0 radical (unpaired) electrons. The van der Waals surface area contributed by atoms with E-state index in [1.165, 1.54) is 16.6 Å². The maximum atomic E-state index is 11.7. The van der Waals surface area contributed by atoms with E-state index in [2.05, 4.69) is 64.7 Å². The van der Waals surface area contributed by atoms with Crippen LogP contribution < -0.4 is 16.0 Å². The molecule has 0 aliphatic heterocycles. The van der Waals surface area contributed by atoms with Crippen LogP contribution in [0.2, 0.25) is 0 Å². The molecular formula is C19H30N4O. The van der Waals surface area contributed by atoms with E-state index in [9.17, 15) is 4.79 Å². The summed E-state index contributed by atoms with van der Waals surface area (Å²) in [6, 6.07) is 11.0. The predicted molar refractivity (Wildman–Crippen MR) is 100 cm³/mol. The Balaban J connectivity index is 1.92. The molecule has 24 heavy (non-hydrogen) atoms. The molecule has 0 aliphatic rings. The van der Waals surface area contributed by atoms with E-state index in [1.807, 2.05) is 7.05 Å². The monoisotopic (exact) mass is 330 g/mol. The van der Waals surface area contributed by atoms with E-state index in [4.69, 9.17) is 0 Å². The predicted octanol–water partition coefficient (Wildman–Crippen LogP) is 2.26. The van der Waals surface area contributed by atoms with Crippen molar-refractivity contribution in [3.05, 3.63) is 36.0 Å². The Morgan fingerprint density at radius 2 is 2.08 bits per heavy atom. The van der Waals surface area contributed by atoms with Crippen LogP contribution in [0, 0.1) is 0 Å². The van der Waals surface area contributed by atoms with Gasteiger partial charge in [-0.05, 0) is 44.3 Å². The van der Waals surface area contributed by atoms with Gasteiger partial charge in [0.25, 0.3) is 0 Å². The van der Waals surface area contributed by atoms with Crippen molar-refractivity contribution in [1.29, 1.82) is 0 Å². The molecule has 3 N–H and O–H groups in total. The summed E-state index contributed by atoms with van der Waals surface area (Å²) >= 11 is 0. The van der Waals surface area contributed by atoms with Gasteiger partial charge in [-0.15, -0.1) is 0 Å². The minimum atomic E-state index is 0.0750. The van der Waals surface area contributed by atoms with Gasteiger partial charge in [-0.3, -0.25) is 4.79 Å². The van der Waals surface area contributed by atoms with Crippen molar-refractivity contribution in [3.8, 4) is 0 Å². The van der Waals surface area contributed by atoms with Gasteiger partial charge in [0.2, 0.25) is 5.91 Å². The Morgan fingerprint density at radius 1 is 1.29 bits per heavy atom. The van der Waals surface area contributed by atoms with Gasteiger partial charge in [0.1, 0.15) is 0 Å². The third kappa shape index (κ3) is 5.08. The molecule has 5 nitrogen and oxygen atoms in total. The van der Waals surface area contributed by atoms with Crippen LogP contribution in [0.15, 0.2) is 30.3 Å². The number of nitrogens with one attached hydrogen (secondary N) is 3. The molecule has 5 heteroatoms. The van der Waals surface area contributed by atoms with E-state index in [-0.39, 0.29) is 5.91 Å². The van der Waals surface area contributed by atoms with Gasteiger partial charge in [0.05, 0.1) is 6.54 Å². The first-order valence-electron chi connectivity index (χ1n) is 8.87. The quantitative estimate of drug-likeness (QED) is 0.626. The smallest absolute Gasteiger partial charge is 0.233 e. The molecule has 1 aromatic heterocycles.